The predicted octanol–water partition coefficient (Wildman–Crippen LogP) is 4.61. The topological polar surface area (TPSA) is 0 Å². The normalized spacial score (nSPS) is 7.71. The molecule has 0 bridgehead atoms. The third kappa shape index (κ3) is 7.53. The van der Waals surface area contributed by atoms with E-state index in [1.807, 2.05) is 26.0 Å². The average molecular weight is 196 g/mol. The maximum Gasteiger partial charge on any atom is 0.123 e. The van der Waals surface area contributed by atoms with Crippen LogP contribution in [0.1, 0.15) is 32.8 Å². The van der Waals surface area contributed by atoms with Crippen LogP contribution >= 0.6 is 0 Å². The van der Waals surface area contributed by atoms with Crippen molar-refractivity contribution in [1.29, 1.82) is 0 Å². The summed E-state index contributed by atoms with van der Waals surface area (Å²) in [6.07, 6.45) is 2.16. The van der Waals surface area contributed by atoms with E-state index in [0.717, 1.165) is 12.8 Å². The summed E-state index contributed by atoms with van der Waals surface area (Å²) in [5, 5.41) is 0. The van der Waals surface area contributed by atoms with Gasteiger partial charge in [0.1, 0.15) is 5.82 Å². The second-order valence-corrected chi connectivity index (χ2v) is 2.38. The molecule has 0 aromatic heterocycles. The lowest BCUT2D eigenvalue weighted by Gasteiger charge is -1.95. The zero-order valence-electron chi connectivity index (χ0n) is 9.52. The Kier molecular flexibility index (Phi) is 13.1. The summed E-state index contributed by atoms with van der Waals surface area (Å²) in [7, 11) is 0. The lowest BCUT2D eigenvalue weighted by atomic mass is 10.1. The van der Waals surface area contributed by atoms with Gasteiger partial charge in [-0.25, -0.2) is 4.39 Å². The molecular weight excluding hydrogens is 175 g/mol. The van der Waals surface area contributed by atoms with E-state index in [1.54, 1.807) is 0 Å². The highest BCUT2D eigenvalue weighted by Gasteiger charge is 1.90. The van der Waals surface area contributed by atoms with E-state index >= 15 is 0 Å². The molecule has 0 saturated carbocycles. The fraction of sp³-hybridized carbons (Fsp3) is 0.385. The van der Waals surface area contributed by atoms with Crippen LogP contribution in [0.2, 0.25) is 0 Å². The molecule has 0 nitrogen and oxygen atoms in total. The van der Waals surface area contributed by atoms with Crippen molar-refractivity contribution in [2.75, 3.05) is 0 Å². The van der Waals surface area contributed by atoms with Gasteiger partial charge >= 0.3 is 0 Å². The molecule has 0 fully saturated rings. The molecule has 0 heterocycles. The number of aryl methyl sites for hydroxylation is 1. The zero-order valence-corrected chi connectivity index (χ0v) is 9.52. The standard InChI is InChI=1S/C9H11F.C2H6.C2H4/c1-2-3-8-4-6-9(10)7-5-8;2*1-2/h4-7H,2-3H2,1H3;1-2H3;1-2H2. The smallest absolute Gasteiger partial charge is 0.123 e. The lowest BCUT2D eigenvalue weighted by Crippen LogP contribution is -1.81. The second kappa shape index (κ2) is 11.9. The third-order valence-electron chi connectivity index (χ3n) is 1.45. The zero-order chi connectivity index (χ0) is 11.4. The van der Waals surface area contributed by atoms with Crippen LogP contribution in [0, 0.1) is 5.82 Å². The van der Waals surface area contributed by atoms with Crippen molar-refractivity contribution in [3.8, 4) is 0 Å². The minimum atomic E-state index is -0.153. The molecule has 80 valence electrons. The maximum absolute atomic E-state index is 12.3. The van der Waals surface area contributed by atoms with Crippen molar-refractivity contribution in [2.45, 2.75) is 33.6 Å². The summed E-state index contributed by atoms with van der Waals surface area (Å²) in [6.45, 7) is 12.1. The van der Waals surface area contributed by atoms with Gasteiger partial charge in [-0.1, -0.05) is 39.3 Å². The number of rotatable bonds is 2. The summed E-state index contributed by atoms with van der Waals surface area (Å²) in [5.41, 5.74) is 1.21. The molecule has 0 aliphatic heterocycles. The SMILES string of the molecule is C=C.CC.CCCc1ccc(F)cc1. The first kappa shape index (κ1) is 15.4. The molecular formula is C13H21F. The first-order valence-corrected chi connectivity index (χ1v) is 5.07. The second-order valence-electron chi connectivity index (χ2n) is 2.38. The van der Waals surface area contributed by atoms with E-state index in [9.17, 15) is 4.39 Å². The Labute approximate surface area is 87.5 Å². The van der Waals surface area contributed by atoms with E-state index in [-0.39, 0.29) is 5.82 Å². The van der Waals surface area contributed by atoms with Crippen LogP contribution in [0.25, 0.3) is 0 Å². The Morgan fingerprint density at radius 3 is 1.86 bits per heavy atom. The summed E-state index contributed by atoms with van der Waals surface area (Å²) in [4.78, 5) is 0. The molecule has 0 unspecified atom stereocenters. The van der Waals surface area contributed by atoms with Crippen molar-refractivity contribution in [2.24, 2.45) is 0 Å². The van der Waals surface area contributed by atoms with Crippen molar-refractivity contribution in [3.63, 3.8) is 0 Å². The summed E-state index contributed by atoms with van der Waals surface area (Å²) in [5.74, 6) is -0.153. The van der Waals surface area contributed by atoms with E-state index in [1.165, 1.54) is 17.7 Å². The first-order valence-electron chi connectivity index (χ1n) is 5.07. The molecule has 0 aliphatic carbocycles. The van der Waals surface area contributed by atoms with Gasteiger partial charge < -0.3 is 0 Å². The van der Waals surface area contributed by atoms with Gasteiger partial charge in [-0.3, -0.25) is 0 Å². The molecule has 0 saturated heterocycles. The molecule has 0 radical (unpaired) electrons. The van der Waals surface area contributed by atoms with Gasteiger partial charge in [0.25, 0.3) is 0 Å². The molecule has 0 N–H and O–H groups in total. The van der Waals surface area contributed by atoms with Crippen molar-refractivity contribution >= 4 is 0 Å². The van der Waals surface area contributed by atoms with E-state index < -0.39 is 0 Å². The van der Waals surface area contributed by atoms with Gasteiger partial charge in [-0.2, -0.15) is 0 Å². The van der Waals surface area contributed by atoms with Gasteiger partial charge in [0.2, 0.25) is 0 Å². The summed E-state index contributed by atoms with van der Waals surface area (Å²) in [6, 6.07) is 6.67. The molecule has 1 rings (SSSR count). The molecule has 14 heavy (non-hydrogen) atoms. The molecule has 0 atom stereocenters. The molecule has 0 spiro atoms. The predicted molar refractivity (Wildman–Crippen MR) is 63.0 cm³/mol. The Bertz CT molecular complexity index is 201. The summed E-state index contributed by atoms with van der Waals surface area (Å²) < 4.78 is 12.3. The molecule has 0 amide bonds. The van der Waals surface area contributed by atoms with Gasteiger partial charge in [0.05, 0.1) is 0 Å². The van der Waals surface area contributed by atoms with E-state index in [2.05, 4.69) is 20.1 Å². The molecule has 1 aromatic carbocycles. The highest BCUT2D eigenvalue weighted by molar-refractivity contribution is 5.15. The van der Waals surface area contributed by atoms with Gasteiger partial charge in [0, 0.05) is 0 Å². The Hall–Kier alpha value is -1.11. The van der Waals surface area contributed by atoms with Crippen molar-refractivity contribution in [1.82, 2.24) is 0 Å². The molecule has 0 aliphatic rings. The highest BCUT2D eigenvalue weighted by atomic mass is 19.1. The van der Waals surface area contributed by atoms with Gasteiger partial charge in [0.15, 0.2) is 0 Å². The Morgan fingerprint density at radius 2 is 1.50 bits per heavy atom. The van der Waals surface area contributed by atoms with Gasteiger partial charge in [-0.15, -0.1) is 13.2 Å². The number of benzene rings is 1. The van der Waals surface area contributed by atoms with Crippen LogP contribution in [-0.4, -0.2) is 0 Å². The highest BCUT2D eigenvalue weighted by Crippen LogP contribution is 2.04. The van der Waals surface area contributed by atoms with Crippen LogP contribution in [-0.2, 0) is 6.42 Å². The van der Waals surface area contributed by atoms with Crippen molar-refractivity contribution in [3.05, 3.63) is 48.8 Å². The fourth-order valence-corrected chi connectivity index (χ4v) is 0.940. The quantitative estimate of drug-likeness (QED) is 0.606. The Morgan fingerprint density at radius 1 is 1.07 bits per heavy atom. The number of hydrogen-bond acceptors (Lipinski definition) is 0. The van der Waals surface area contributed by atoms with Crippen LogP contribution in [0.3, 0.4) is 0 Å². The molecule has 1 aromatic rings. The van der Waals surface area contributed by atoms with E-state index in [0.29, 0.717) is 0 Å². The lowest BCUT2D eigenvalue weighted by molar-refractivity contribution is 0.627. The van der Waals surface area contributed by atoms with Crippen LogP contribution in [0.5, 0.6) is 0 Å². The minimum Gasteiger partial charge on any atom is -0.207 e. The number of halogens is 1. The number of hydrogen-bond donors (Lipinski definition) is 0. The largest absolute Gasteiger partial charge is 0.207 e. The van der Waals surface area contributed by atoms with Gasteiger partial charge in [-0.05, 0) is 24.1 Å². The van der Waals surface area contributed by atoms with E-state index in [4.69, 9.17) is 0 Å². The molecule has 1 heteroatoms. The average Bonchev–Trinajstić information content (AvgIpc) is 2.28. The van der Waals surface area contributed by atoms with Crippen molar-refractivity contribution < 1.29 is 4.39 Å². The first-order chi connectivity index (χ1) is 6.83. The van der Waals surface area contributed by atoms with Crippen LogP contribution in [0.15, 0.2) is 37.4 Å². The van der Waals surface area contributed by atoms with Crippen LogP contribution < -0.4 is 0 Å². The van der Waals surface area contributed by atoms with Crippen LogP contribution in [0.4, 0.5) is 4.39 Å². The summed E-state index contributed by atoms with van der Waals surface area (Å²) >= 11 is 0. The third-order valence-corrected chi connectivity index (χ3v) is 1.45. The Balaban J connectivity index is 0. The fourth-order valence-electron chi connectivity index (χ4n) is 0.940. The monoisotopic (exact) mass is 196 g/mol. The maximum atomic E-state index is 12.3. The minimum absolute atomic E-state index is 0.153.